The Morgan fingerprint density at radius 3 is 2.95 bits per heavy atom. The van der Waals surface area contributed by atoms with Crippen LogP contribution in [-0.2, 0) is 6.54 Å². The zero-order valence-electron chi connectivity index (χ0n) is 10.3. The molecule has 0 fully saturated rings. The van der Waals surface area contributed by atoms with E-state index in [1.807, 2.05) is 11.1 Å². The molecule has 0 aliphatic carbocycles. The predicted octanol–water partition coefficient (Wildman–Crippen LogP) is 0.626. The highest BCUT2D eigenvalue weighted by Gasteiger charge is 2.03. The highest BCUT2D eigenvalue weighted by molar-refractivity contribution is 5.36. The normalized spacial score (nSPS) is 10.0. The van der Waals surface area contributed by atoms with E-state index in [0.29, 0.717) is 11.3 Å². The molecule has 0 radical (unpaired) electrons. The summed E-state index contributed by atoms with van der Waals surface area (Å²) in [6, 6.07) is 8.49. The van der Waals surface area contributed by atoms with Gasteiger partial charge in [-0.3, -0.25) is 14.3 Å². The van der Waals surface area contributed by atoms with Gasteiger partial charge in [-0.1, -0.05) is 6.07 Å². The fraction of sp³-hybridized carbons (Fsp3) is 0.154. The van der Waals surface area contributed by atoms with Crippen molar-refractivity contribution in [3.63, 3.8) is 0 Å². The molecule has 1 aromatic heterocycles. The van der Waals surface area contributed by atoms with Crippen LogP contribution in [0.4, 0.5) is 4.39 Å². The fourth-order valence-electron chi connectivity index (χ4n) is 1.57. The number of nitrogens with zero attached hydrogens (tertiary/aromatic N) is 2. The van der Waals surface area contributed by atoms with Crippen LogP contribution >= 0.6 is 0 Å². The third-order valence-electron chi connectivity index (χ3n) is 2.53. The van der Waals surface area contributed by atoms with Crippen LogP contribution < -0.4 is 16.0 Å². The Bertz CT molecular complexity index is 773. The third-order valence-corrected chi connectivity index (χ3v) is 2.53. The molecule has 0 aliphatic heterocycles. The molecule has 1 aromatic carbocycles. The minimum Gasteiger partial charge on any atom is -0.492 e. The van der Waals surface area contributed by atoms with Crippen molar-refractivity contribution < 1.29 is 9.13 Å². The highest BCUT2D eigenvalue weighted by atomic mass is 19.1. The summed E-state index contributed by atoms with van der Waals surface area (Å²) in [7, 11) is 0. The number of aromatic amines is 1. The van der Waals surface area contributed by atoms with E-state index in [-0.39, 0.29) is 13.2 Å². The summed E-state index contributed by atoms with van der Waals surface area (Å²) < 4.78 is 19.4. The van der Waals surface area contributed by atoms with Gasteiger partial charge in [0.2, 0.25) is 5.82 Å². The minimum absolute atomic E-state index is 0.0727. The molecule has 2 aromatic rings. The van der Waals surface area contributed by atoms with Crippen molar-refractivity contribution in [3.8, 4) is 11.8 Å². The maximum atomic E-state index is 13.0. The van der Waals surface area contributed by atoms with Crippen molar-refractivity contribution in [1.29, 1.82) is 5.26 Å². The fourth-order valence-corrected chi connectivity index (χ4v) is 1.57. The van der Waals surface area contributed by atoms with Crippen molar-refractivity contribution in [3.05, 3.63) is 62.7 Å². The Hall–Kier alpha value is -2.88. The molecule has 6 nitrogen and oxygen atoms in total. The molecule has 7 heteroatoms. The number of ether oxygens (including phenoxy) is 1. The van der Waals surface area contributed by atoms with Crippen molar-refractivity contribution in [2.45, 2.75) is 6.54 Å². The minimum atomic E-state index is -1.05. The summed E-state index contributed by atoms with van der Waals surface area (Å²) >= 11 is 0. The van der Waals surface area contributed by atoms with Gasteiger partial charge in [-0.25, -0.2) is 4.79 Å². The molecular weight excluding hydrogens is 265 g/mol. The average Bonchev–Trinajstić information content (AvgIpc) is 2.44. The molecule has 0 atom stereocenters. The standard InChI is InChI=1S/C13H10FN3O3/c14-11-8-17(13(19)16-12(11)18)4-5-20-10-3-1-2-9(6-10)7-15/h1-3,6,8H,4-5H2,(H,16,18,19). The monoisotopic (exact) mass is 275 g/mol. The van der Waals surface area contributed by atoms with Gasteiger partial charge in [0.05, 0.1) is 24.4 Å². The van der Waals surface area contributed by atoms with Gasteiger partial charge < -0.3 is 4.74 Å². The number of benzene rings is 1. The zero-order valence-corrected chi connectivity index (χ0v) is 10.3. The Balaban J connectivity index is 2.03. The number of H-pyrrole nitrogens is 1. The van der Waals surface area contributed by atoms with Crippen LogP contribution in [0.1, 0.15) is 5.56 Å². The quantitative estimate of drug-likeness (QED) is 0.886. The van der Waals surface area contributed by atoms with Gasteiger partial charge in [-0.15, -0.1) is 0 Å². The first-order valence-electron chi connectivity index (χ1n) is 5.72. The van der Waals surface area contributed by atoms with E-state index in [4.69, 9.17) is 10.00 Å². The lowest BCUT2D eigenvalue weighted by Crippen LogP contribution is -2.32. The second-order valence-corrected chi connectivity index (χ2v) is 3.92. The SMILES string of the molecule is N#Cc1cccc(OCCn2cc(F)c(=O)[nH]c2=O)c1. The van der Waals surface area contributed by atoms with Gasteiger partial charge in [-0.2, -0.15) is 9.65 Å². The van der Waals surface area contributed by atoms with E-state index < -0.39 is 17.1 Å². The molecule has 20 heavy (non-hydrogen) atoms. The average molecular weight is 275 g/mol. The van der Waals surface area contributed by atoms with Crippen LogP contribution in [0.5, 0.6) is 5.75 Å². The second-order valence-electron chi connectivity index (χ2n) is 3.92. The van der Waals surface area contributed by atoms with Crippen LogP contribution in [0.3, 0.4) is 0 Å². The van der Waals surface area contributed by atoms with Gasteiger partial charge in [-0.05, 0) is 18.2 Å². The van der Waals surface area contributed by atoms with Crippen molar-refractivity contribution >= 4 is 0 Å². The molecule has 0 amide bonds. The molecule has 0 saturated heterocycles. The van der Waals surface area contributed by atoms with Gasteiger partial charge in [0.15, 0.2) is 0 Å². The van der Waals surface area contributed by atoms with Gasteiger partial charge in [0, 0.05) is 0 Å². The summed E-state index contributed by atoms with van der Waals surface area (Å²) in [5, 5.41) is 8.73. The molecule has 2 rings (SSSR count). The van der Waals surface area contributed by atoms with Gasteiger partial charge in [0.1, 0.15) is 12.4 Å². The summed E-state index contributed by atoms with van der Waals surface area (Å²) in [5.41, 5.74) is -1.30. The van der Waals surface area contributed by atoms with E-state index in [0.717, 1.165) is 10.8 Å². The van der Waals surface area contributed by atoms with E-state index in [1.165, 1.54) is 0 Å². The van der Waals surface area contributed by atoms with Gasteiger partial charge in [0.25, 0.3) is 5.56 Å². The molecule has 102 valence electrons. The summed E-state index contributed by atoms with van der Waals surface area (Å²) in [5.74, 6) is -0.557. The lowest BCUT2D eigenvalue weighted by molar-refractivity contribution is 0.294. The number of halogens is 1. The molecule has 0 saturated carbocycles. The number of aromatic nitrogens is 2. The molecule has 1 N–H and O–H groups in total. The maximum Gasteiger partial charge on any atom is 0.328 e. The molecule has 0 bridgehead atoms. The molecule has 0 spiro atoms. The predicted molar refractivity (Wildman–Crippen MR) is 67.9 cm³/mol. The van der Waals surface area contributed by atoms with E-state index in [2.05, 4.69) is 0 Å². The maximum absolute atomic E-state index is 13.0. The second kappa shape index (κ2) is 5.84. The van der Waals surface area contributed by atoms with Gasteiger partial charge >= 0.3 is 5.69 Å². The third kappa shape index (κ3) is 3.11. The number of hydrogen-bond donors (Lipinski definition) is 1. The van der Waals surface area contributed by atoms with Crippen molar-refractivity contribution in [1.82, 2.24) is 9.55 Å². The van der Waals surface area contributed by atoms with Crippen molar-refractivity contribution in [2.24, 2.45) is 0 Å². The van der Waals surface area contributed by atoms with E-state index in [9.17, 15) is 14.0 Å². The largest absolute Gasteiger partial charge is 0.492 e. The Morgan fingerprint density at radius 1 is 1.40 bits per heavy atom. The van der Waals surface area contributed by atoms with Crippen LogP contribution in [0.25, 0.3) is 0 Å². The highest BCUT2D eigenvalue weighted by Crippen LogP contribution is 2.12. The number of nitriles is 1. The van der Waals surface area contributed by atoms with Crippen LogP contribution in [0.2, 0.25) is 0 Å². The topological polar surface area (TPSA) is 87.9 Å². The van der Waals surface area contributed by atoms with E-state index >= 15 is 0 Å². The Labute approximate surface area is 112 Å². The Morgan fingerprint density at radius 2 is 2.20 bits per heavy atom. The lowest BCUT2D eigenvalue weighted by Gasteiger charge is -2.08. The summed E-state index contributed by atoms with van der Waals surface area (Å²) in [6.07, 6.45) is 0.830. The number of nitrogens with one attached hydrogen (secondary N) is 1. The van der Waals surface area contributed by atoms with Crippen LogP contribution in [-0.4, -0.2) is 16.2 Å². The number of hydrogen-bond acceptors (Lipinski definition) is 4. The van der Waals surface area contributed by atoms with E-state index in [1.54, 1.807) is 24.3 Å². The summed E-state index contributed by atoms with van der Waals surface area (Å²) in [6.45, 7) is 0.170. The van der Waals surface area contributed by atoms with Crippen molar-refractivity contribution in [2.75, 3.05) is 6.61 Å². The first-order chi connectivity index (χ1) is 9.60. The smallest absolute Gasteiger partial charge is 0.328 e. The summed E-state index contributed by atoms with van der Waals surface area (Å²) in [4.78, 5) is 24.1. The Kier molecular flexibility index (Phi) is 3.96. The zero-order chi connectivity index (χ0) is 14.5. The molecular formula is C13H10FN3O3. The van der Waals surface area contributed by atoms with Crippen LogP contribution in [0.15, 0.2) is 40.1 Å². The first-order valence-corrected chi connectivity index (χ1v) is 5.72. The molecule has 1 heterocycles. The van der Waals surface area contributed by atoms with Crippen LogP contribution in [0, 0.1) is 17.1 Å². The molecule has 0 unspecified atom stereocenters. The first kappa shape index (κ1) is 13.5. The lowest BCUT2D eigenvalue weighted by atomic mass is 10.2. The number of rotatable bonds is 4. The molecule has 0 aliphatic rings.